The molecule has 0 atom stereocenters. The Balaban J connectivity index is 1.83. The van der Waals surface area contributed by atoms with Gasteiger partial charge in [0.1, 0.15) is 0 Å². The van der Waals surface area contributed by atoms with Crippen molar-refractivity contribution in [3.8, 4) is 0 Å². The molecule has 22 heavy (non-hydrogen) atoms. The van der Waals surface area contributed by atoms with Crippen LogP contribution in [0.2, 0.25) is 0 Å². The highest BCUT2D eigenvalue weighted by Crippen LogP contribution is 2.41. The van der Waals surface area contributed by atoms with E-state index in [-0.39, 0.29) is 0 Å². The molecule has 1 aliphatic heterocycles. The van der Waals surface area contributed by atoms with Gasteiger partial charge in [0.2, 0.25) is 0 Å². The number of rotatable bonds is 1. The first-order valence-electron chi connectivity index (χ1n) is 7.77. The van der Waals surface area contributed by atoms with Gasteiger partial charge in [0.05, 0.1) is 11.2 Å². The zero-order chi connectivity index (χ0) is 14.5. The second-order valence-electron chi connectivity index (χ2n) is 5.90. The summed E-state index contributed by atoms with van der Waals surface area (Å²) >= 11 is 0. The Labute approximate surface area is 129 Å². The van der Waals surface area contributed by atoms with Crippen LogP contribution in [0.1, 0.15) is 5.56 Å². The number of H-pyrrole nitrogens is 1. The Kier molecular flexibility index (Phi) is 2.36. The van der Waals surface area contributed by atoms with Crippen LogP contribution in [0.5, 0.6) is 0 Å². The minimum atomic E-state index is 1.05. The highest BCUT2D eigenvalue weighted by molar-refractivity contribution is 6.12. The van der Waals surface area contributed by atoms with Gasteiger partial charge in [-0.1, -0.05) is 48.5 Å². The van der Waals surface area contributed by atoms with Gasteiger partial charge >= 0.3 is 0 Å². The van der Waals surface area contributed by atoms with Gasteiger partial charge in [-0.15, -0.1) is 0 Å². The minimum absolute atomic E-state index is 1.05. The average molecular weight is 284 g/mol. The fraction of sp³-hybridized carbons (Fsp3) is 0.100. The van der Waals surface area contributed by atoms with Crippen LogP contribution in [0, 0.1) is 0 Å². The average Bonchev–Trinajstić information content (AvgIpc) is 3.16. The third-order valence-electron chi connectivity index (χ3n) is 4.68. The summed E-state index contributed by atoms with van der Waals surface area (Å²) in [7, 11) is 0. The molecule has 0 amide bonds. The molecular formula is C20H16N2. The van der Waals surface area contributed by atoms with Gasteiger partial charge in [-0.2, -0.15) is 0 Å². The number of anilines is 2. The van der Waals surface area contributed by atoms with Gasteiger partial charge in [-0.3, -0.25) is 0 Å². The van der Waals surface area contributed by atoms with E-state index in [1.54, 1.807) is 0 Å². The van der Waals surface area contributed by atoms with Crippen molar-refractivity contribution < 1.29 is 0 Å². The molecule has 0 aliphatic carbocycles. The number of hydrogen-bond acceptors (Lipinski definition) is 1. The lowest BCUT2D eigenvalue weighted by molar-refractivity contribution is 0.999. The van der Waals surface area contributed by atoms with Crippen LogP contribution in [-0.2, 0) is 6.42 Å². The summed E-state index contributed by atoms with van der Waals surface area (Å²) in [5.74, 6) is 0. The van der Waals surface area contributed by atoms with Crippen LogP contribution in [0.25, 0.3) is 21.8 Å². The molecule has 1 aliphatic rings. The molecule has 4 aromatic rings. The van der Waals surface area contributed by atoms with E-state index in [0.29, 0.717) is 0 Å². The molecule has 5 rings (SSSR count). The molecule has 0 saturated carbocycles. The first-order chi connectivity index (χ1) is 10.9. The van der Waals surface area contributed by atoms with Crippen molar-refractivity contribution in [2.75, 3.05) is 11.4 Å². The van der Waals surface area contributed by atoms with E-state index >= 15 is 0 Å². The first-order valence-corrected chi connectivity index (χ1v) is 7.77. The number of hydrogen-bond donors (Lipinski definition) is 1. The maximum Gasteiger partial charge on any atom is 0.0709 e. The third kappa shape index (κ3) is 1.55. The summed E-state index contributed by atoms with van der Waals surface area (Å²) in [5, 5.41) is 2.62. The van der Waals surface area contributed by atoms with Crippen molar-refractivity contribution in [1.29, 1.82) is 0 Å². The number of nitrogens with zero attached hydrogens (tertiary/aromatic N) is 1. The smallest absolute Gasteiger partial charge is 0.0709 e. The number of nitrogens with one attached hydrogen (secondary N) is 1. The minimum Gasteiger partial charge on any atom is -0.353 e. The number of aromatic nitrogens is 1. The number of fused-ring (bicyclic) bond motifs is 5. The zero-order valence-corrected chi connectivity index (χ0v) is 12.2. The normalized spacial score (nSPS) is 13.9. The van der Waals surface area contributed by atoms with Crippen LogP contribution >= 0.6 is 0 Å². The first kappa shape index (κ1) is 11.9. The Bertz CT molecular complexity index is 983. The van der Waals surface area contributed by atoms with Gasteiger partial charge in [-0.05, 0) is 30.2 Å². The maximum absolute atomic E-state index is 3.64. The molecule has 0 fully saturated rings. The van der Waals surface area contributed by atoms with Gasteiger partial charge in [0.25, 0.3) is 0 Å². The van der Waals surface area contributed by atoms with Gasteiger partial charge in [-0.25, -0.2) is 0 Å². The molecular weight excluding hydrogens is 268 g/mol. The van der Waals surface area contributed by atoms with Gasteiger partial charge < -0.3 is 9.88 Å². The summed E-state index contributed by atoms with van der Waals surface area (Å²) in [6, 6.07) is 23.8. The molecule has 0 radical (unpaired) electrons. The standard InChI is InChI=1S/C20H16N2/c1-2-6-15(7-3-1)22-13-12-14-10-11-17-16-8-4-5-9-18(16)21-19(17)20(14)22/h1-11,21H,12-13H2. The molecule has 2 heterocycles. The van der Waals surface area contributed by atoms with Crippen molar-refractivity contribution >= 4 is 33.2 Å². The van der Waals surface area contributed by atoms with Crippen LogP contribution in [-0.4, -0.2) is 11.5 Å². The molecule has 0 unspecified atom stereocenters. The molecule has 2 heteroatoms. The Hall–Kier alpha value is -2.74. The van der Waals surface area contributed by atoms with E-state index in [1.165, 1.54) is 38.7 Å². The van der Waals surface area contributed by atoms with E-state index < -0.39 is 0 Å². The van der Waals surface area contributed by atoms with Crippen molar-refractivity contribution in [3.05, 3.63) is 72.3 Å². The number of para-hydroxylation sites is 2. The highest BCUT2D eigenvalue weighted by atomic mass is 15.2. The summed E-state index contributed by atoms with van der Waals surface area (Å²) in [6.07, 6.45) is 1.11. The van der Waals surface area contributed by atoms with Crippen LogP contribution in [0.15, 0.2) is 66.7 Å². The van der Waals surface area contributed by atoms with Crippen LogP contribution in [0.3, 0.4) is 0 Å². The SMILES string of the molecule is c1ccc(N2CCc3ccc4c([nH]c5ccccc54)c32)cc1. The number of benzene rings is 3. The van der Waals surface area contributed by atoms with Crippen LogP contribution in [0.4, 0.5) is 11.4 Å². The largest absolute Gasteiger partial charge is 0.353 e. The van der Waals surface area contributed by atoms with E-state index in [4.69, 9.17) is 0 Å². The van der Waals surface area contributed by atoms with Crippen molar-refractivity contribution in [2.24, 2.45) is 0 Å². The molecule has 0 saturated heterocycles. The monoisotopic (exact) mass is 284 g/mol. The van der Waals surface area contributed by atoms with Gasteiger partial charge in [0.15, 0.2) is 0 Å². The van der Waals surface area contributed by atoms with Crippen molar-refractivity contribution in [3.63, 3.8) is 0 Å². The molecule has 1 aromatic heterocycles. The summed E-state index contributed by atoms with van der Waals surface area (Å²) in [6.45, 7) is 1.05. The molecule has 0 bridgehead atoms. The van der Waals surface area contributed by atoms with Crippen molar-refractivity contribution in [1.82, 2.24) is 4.98 Å². The van der Waals surface area contributed by atoms with Crippen molar-refractivity contribution in [2.45, 2.75) is 6.42 Å². The predicted octanol–water partition coefficient (Wildman–Crippen LogP) is 5.02. The molecule has 2 nitrogen and oxygen atoms in total. The second-order valence-corrected chi connectivity index (χ2v) is 5.90. The summed E-state index contributed by atoms with van der Waals surface area (Å²) < 4.78 is 0. The van der Waals surface area contributed by atoms with Gasteiger partial charge in [0, 0.05) is 28.5 Å². The molecule has 1 N–H and O–H groups in total. The number of aromatic amines is 1. The molecule has 0 spiro atoms. The lowest BCUT2D eigenvalue weighted by Gasteiger charge is -2.20. The topological polar surface area (TPSA) is 19.0 Å². The summed E-state index contributed by atoms with van der Waals surface area (Å²) in [4.78, 5) is 6.07. The quantitative estimate of drug-likeness (QED) is 0.520. The predicted molar refractivity (Wildman–Crippen MR) is 93.0 cm³/mol. The fourth-order valence-electron chi connectivity index (χ4n) is 3.67. The third-order valence-corrected chi connectivity index (χ3v) is 4.68. The Morgan fingerprint density at radius 2 is 1.59 bits per heavy atom. The van der Waals surface area contributed by atoms with E-state index in [2.05, 4.69) is 76.6 Å². The van der Waals surface area contributed by atoms with Crippen LogP contribution < -0.4 is 4.90 Å². The maximum atomic E-state index is 3.64. The summed E-state index contributed by atoms with van der Waals surface area (Å²) in [5.41, 5.74) is 6.53. The van der Waals surface area contributed by atoms with E-state index in [9.17, 15) is 0 Å². The molecule has 3 aromatic carbocycles. The zero-order valence-electron chi connectivity index (χ0n) is 12.2. The highest BCUT2D eigenvalue weighted by Gasteiger charge is 2.24. The van der Waals surface area contributed by atoms with E-state index in [1.807, 2.05) is 0 Å². The second kappa shape index (κ2) is 4.38. The van der Waals surface area contributed by atoms with E-state index in [0.717, 1.165) is 13.0 Å². The molecule has 106 valence electrons. The lowest BCUT2D eigenvalue weighted by atomic mass is 10.1. The fourth-order valence-corrected chi connectivity index (χ4v) is 3.67. The Morgan fingerprint density at radius 3 is 2.50 bits per heavy atom. The Morgan fingerprint density at radius 1 is 0.773 bits per heavy atom. The lowest BCUT2D eigenvalue weighted by Crippen LogP contribution is -2.13.